The van der Waals surface area contributed by atoms with E-state index in [0.717, 1.165) is 4.88 Å². The van der Waals surface area contributed by atoms with Crippen LogP contribution in [0.1, 0.15) is 18.7 Å². The molecule has 0 aromatic carbocycles. The maximum atomic E-state index is 11.8. The normalized spacial score (nSPS) is 10.6. The summed E-state index contributed by atoms with van der Waals surface area (Å²) in [5.41, 5.74) is 0. The molecule has 1 N–H and O–H groups in total. The summed E-state index contributed by atoms with van der Waals surface area (Å²) in [5, 5.41) is 4.15. The van der Waals surface area contributed by atoms with E-state index >= 15 is 0 Å². The van der Waals surface area contributed by atoms with E-state index in [-0.39, 0.29) is 13.2 Å². The van der Waals surface area contributed by atoms with Gasteiger partial charge in [-0.3, -0.25) is 4.79 Å². The maximum absolute atomic E-state index is 11.8. The van der Waals surface area contributed by atoms with E-state index in [0.29, 0.717) is 0 Å². The summed E-state index contributed by atoms with van der Waals surface area (Å²) in [6, 6.07) is 2.23. The summed E-state index contributed by atoms with van der Waals surface area (Å²) < 4.78 is 9.49. The topological polar surface area (TPSA) is 81.7 Å². The molecule has 1 rings (SSSR count). The van der Waals surface area contributed by atoms with E-state index in [1.54, 1.807) is 19.9 Å². The van der Waals surface area contributed by atoms with Crippen LogP contribution in [-0.2, 0) is 23.9 Å². The molecular weight excluding hydrogens is 294 g/mol. The standard InChI is InChI=1S/C14H17NO5S/c1-3-19-13(17)12(14(18)20-4-2)15-11(16)8-7-10-6-5-9-21-10/h5-9,12H,3-4H2,1-2H3,(H,15,16). The minimum atomic E-state index is -1.45. The first kappa shape index (κ1) is 16.9. The van der Waals surface area contributed by atoms with Crippen LogP contribution >= 0.6 is 11.3 Å². The van der Waals surface area contributed by atoms with Gasteiger partial charge in [0.05, 0.1) is 13.2 Å². The fourth-order valence-corrected chi connectivity index (χ4v) is 2.02. The minimum Gasteiger partial charge on any atom is -0.464 e. The summed E-state index contributed by atoms with van der Waals surface area (Å²) in [7, 11) is 0. The molecule has 0 fully saturated rings. The molecule has 114 valence electrons. The van der Waals surface area contributed by atoms with E-state index < -0.39 is 23.9 Å². The quantitative estimate of drug-likeness (QED) is 0.467. The van der Waals surface area contributed by atoms with Crippen molar-refractivity contribution in [2.45, 2.75) is 19.9 Å². The Balaban J connectivity index is 2.68. The second kappa shape index (κ2) is 8.91. The van der Waals surface area contributed by atoms with Gasteiger partial charge in [-0.1, -0.05) is 6.07 Å². The highest BCUT2D eigenvalue weighted by Gasteiger charge is 2.30. The van der Waals surface area contributed by atoms with E-state index in [1.165, 1.54) is 17.4 Å². The molecule has 0 spiro atoms. The number of esters is 2. The summed E-state index contributed by atoms with van der Waals surface area (Å²) in [6.45, 7) is 3.43. The number of carbonyl (C=O) groups excluding carboxylic acids is 3. The second-order valence-electron chi connectivity index (χ2n) is 3.79. The lowest BCUT2D eigenvalue weighted by atomic mass is 10.3. The van der Waals surface area contributed by atoms with Crippen molar-refractivity contribution in [3.8, 4) is 0 Å². The number of thiophene rings is 1. The zero-order valence-corrected chi connectivity index (χ0v) is 12.6. The summed E-state index contributed by atoms with van der Waals surface area (Å²) in [6.07, 6.45) is 2.84. The lowest BCUT2D eigenvalue weighted by Gasteiger charge is -2.14. The Morgan fingerprint density at radius 1 is 1.24 bits per heavy atom. The number of nitrogens with one attached hydrogen (secondary N) is 1. The van der Waals surface area contributed by atoms with Crippen LogP contribution in [-0.4, -0.2) is 37.1 Å². The van der Waals surface area contributed by atoms with Crippen molar-refractivity contribution in [1.29, 1.82) is 0 Å². The van der Waals surface area contributed by atoms with Crippen molar-refractivity contribution >= 4 is 35.3 Å². The number of carbonyl (C=O) groups is 3. The number of ether oxygens (including phenoxy) is 2. The van der Waals surface area contributed by atoms with Crippen LogP contribution in [0.4, 0.5) is 0 Å². The molecule has 0 aliphatic heterocycles. The largest absolute Gasteiger partial charge is 0.464 e. The number of hydrogen-bond acceptors (Lipinski definition) is 6. The van der Waals surface area contributed by atoms with Crippen LogP contribution in [0.2, 0.25) is 0 Å². The molecular formula is C14H17NO5S. The first-order valence-corrected chi connectivity index (χ1v) is 7.31. The highest BCUT2D eigenvalue weighted by Crippen LogP contribution is 2.09. The smallest absolute Gasteiger partial charge is 0.340 e. The molecule has 0 saturated heterocycles. The van der Waals surface area contributed by atoms with Crippen LogP contribution in [0.25, 0.3) is 6.08 Å². The Labute approximate surface area is 126 Å². The van der Waals surface area contributed by atoms with Crippen LogP contribution < -0.4 is 5.32 Å². The van der Waals surface area contributed by atoms with Gasteiger partial charge in [-0.2, -0.15) is 0 Å². The third-order valence-electron chi connectivity index (χ3n) is 2.27. The fraction of sp³-hybridized carbons (Fsp3) is 0.357. The number of rotatable bonds is 7. The van der Waals surface area contributed by atoms with Crippen molar-refractivity contribution in [2.24, 2.45) is 0 Å². The third kappa shape index (κ3) is 5.78. The van der Waals surface area contributed by atoms with Crippen molar-refractivity contribution in [3.63, 3.8) is 0 Å². The Hall–Kier alpha value is -2.15. The molecule has 0 radical (unpaired) electrons. The van der Waals surface area contributed by atoms with Crippen molar-refractivity contribution in [2.75, 3.05) is 13.2 Å². The molecule has 0 aliphatic carbocycles. The lowest BCUT2D eigenvalue weighted by molar-refractivity contribution is -0.159. The highest BCUT2D eigenvalue weighted by molar-refractivity contribution is 7.10. The average Bonchev–Trinajstić information content (AvgIpc) is 2.96. The van der Waals surface area contributed by atoms with Gasteiger partial charge in [0.1, 0.15) is 0 Å². The highest BCUT2D eigenvalue weighted by atomic mass is 32.1. The first-order valence-electron chi connectivity index (χ1n) is 6.43. The van der Waals surface area contributed by atoms with Gasteiger partial charge in [0, 0.05) is 11.0 Å². The molecule has 1 aromatic rings. The summed E-state index contributed by atoms with van der Waals surface area (Å²) >= 11 is 1.46. The van der Waals surface area contributed by atoms with Gasteiger partial charge in [-0.15, -0.1) is 11.3 Å². The second-order valence-corrected chi connectivity index (χ2v) is 4.77. The van der Waals surface area contributed by atoms with E-state index in [9.17, 15) is 14.4 Å². The van der Waals surface area contributed by atoms with E-state index in [4.69, 9.17) is 9.47 Å². The molecule has 0 atom stereocenters. The van der Waals surface area contributed by atoms with Crippen molar-refractivity contribution in [1.82, 2.24) is 5.32 Å². The zero-order valence-electron chi connectivity index (χ0n) is 11.8. The molecule has 7 heteroatoms. The van der Waals surface area contributed by atoms with Gasteiger partial charge in [-0.05, 0) is 31.4 Å². The molecule has 1 amide bonds. The maximum Gasteiger partial charge on any atom is 0.340 e. The predicted octanol–water partition coefficient (Wildman–Crippen LogP) is 1.37. The molecule has 6 nitrogen and oxygen atoms in total. The Bertz CT molecular complexity index is 491. The molecule has 0 aliphatic rings. The Kier molecular flexibility index (Phi) is 7.17. The van der Waals surface area contributed by atoms with Gasteiger partial charge in [0.25, 0.3) is 0 Å². The Morgan fingerprint density at radius 2 is 1.86 bits per heavy atom. The molecule has 1 aromatic heterocycles. The average molecular weight is 311 g/mol. The van der Waals surface area contributed by atoms with Crippen LogP contribution in [0.5, 0.6) is 0 Å². The van der Waals surface area contributed by atoms with Gasteiger partial charge in [0.2, 0.25) is 11.9 Å². The minimum absolute atomic E-state index is 0.107. The van der Waals surface area contributed by atoms with Gasteiger partial charge in [0.15, 0.2) is 0 Å². The SMILES string of the molecule is CCOC(=O)C(NC(=O)C=Cc1cccs1)C(=O)OCC. The summed E-state index contributed by atoms with van der Waals surface area (Å²) in [4.78, 5) is 36.0. The molecule has 0 saturated carbocycles. The summed E-state index contributed by atoms with van der Waals surface area (Å²) in [5.74, 6) is -2.25. The van der Waals surface area contributed by atoms with E-state index in [1.807, 2.05) is 17.5 Å². The molecule has 0 unspecified atom stereocenters. The number of hydrogen-bond donors (Lipinski definition) is 1. The van der Waals surface area contributed by atoms with Gasteiger partial charge < -0.3 is 14.8 Å². The molecule has 0 bridgehead atoms. The monoisotopic (exact) mass is 311 g/mol. The fourth-order valence-electron chi connectivity index (χ4n) is 1.40. The van der Waals surface area contributed by atoms with Crippen LogP contribution in [0, 0.1) is 0 Å². The first-order chi connectivity index (χ1) is 10.1. The lowest BCUT2D eigenvalue weighted by Crippen LogP contribution is -2.47. The van der Waals surface area contributed by atoms with Gasteiger partial charge in [-0.25, -0.2) is 9.59 Å². The van der Waals surface area contributed by atoms with Crippen LogP contribution in [0.15, 0.2) is 23.6 Å². The predicted molar refractivity (Wildman–Crippen MR) is 78.5 cm³/mol. The molecule has 1 heterocycles. The molecule has 21 heavy (non-hydrogen) atoms. The Morgan fingerprint density at radius 3 is 2.33 bits per heavy atom. The zero-order chi connectivity index (χ0) is 15.7. The van der Waals surface area contributed by atoms with E-state index in [2.05, 4.69) is 5.32 Å². The van der Waals surface area contributed by atoms with Crippen molar-refractivity contribution < 1.29 is 23.9 Å². The van der Waals surface area contributed by atoms with Crippen LogP contribution in [0.3, 0.4) is 0 Å². The third-order valence-corrected chi connectivity index (χ3v) is 3.11. The number of amides is 1. The van der Waals surface area contributed by atoms with Crippen molar-refractivity contribution in [3.05, 3.63) is 28.5 Å². The van der Waals surface area contributed by atoms with Gasteiger partial charge >= 0.3 is 11.9 Å².